The minimum atomic E-state index is -4.04. The molecule has 0 amide bonds. The molecule has 0 saturated carbocycles. The van der Waals surface area contributed by atoms with Gasteiger partial charge in [-0.2, -0.15) is 0 Å². The van der Waals surface area contributed by atoms with E-state index in [0.29, 0.717) is 10.0 Å². The van der Waals surface area contributed by atoms with Crippen LogP contribution in [-0.4, -0.2) is 25.7 Å². The number of hydrogen-bond acceptors (Lipinski definition) is 3. The first-order chi connectivity index (χ1) is 12.2. The van der Waals surface area contributed by atoms with Crippen molar-refractivity contribution in [1.29, 1.82) is 0 Å². The van der Waals surface area contributed by atoms with Gasteiger partial charge in [0.05, 0.1) is 27.8 Å². The SMILES string of the molecule is C=CCC(O)C(C)N(c1cc(Cl)ccc1Cl)S(=O)(=O)c1ccc(Cl)cc1. The topological polar surface area (TPSA) is 57.6 Å². The van der Waals surface area contributed by atoms with Crippen LogP contribution in [0.1, 0.15) is 13.3 Å². The Labute approximate surface area is 168 Å². The zero-order valence-electron chi connectivity index (χ0n) is 13.9. The fraction of sp³-hybridized carbons (Fsp3) is 0.222. The van der Waals surface area contributed by atoms with Crippen molar-refractivity contribution in [2.75, 3.05) is 4.31 Å². The molecule has 2 rings (SSSR count). The van der Waals surface area contributed by atoms with Crippen molar-refractivity contribution < 1.29 is 13.5 Å². The zero-order valence-corrected chi connectivity index (χ0v) is 17.0. The lowest BCUT2D eigenvalue weighted by molar-refractivity contribution is 0.155. The lowest BCUT2D eigenvalue weighted by atomic mass is 10.1. The van der Waals surface area contributed by atoms with E-state index in [9.17, 15) is 13.5 Å². The molecule has 1 N–H and O–H groups in total. The van der Waals surface area contributed by atoms with Crippen LogP contribution in [0.4, 0.5) is 5.69 Å². The molecular weight excluding hydrogens is 417 g/mol. The fourth-order valence-electron chi connectivity index (χ4n) is 2.47. The molecule has 8 heteroatoms. The van der Waals surface area contributed by atoms with Gasteiger partial charge >= 0.3 is 0 Å². The monoisotopic (exact) mass is 433 g/mol. The molecule has 0 radical (unpaired) electrons. The quantitative estimate of drug-likeness (QED) is 0.612. The molecular formula is C18H18Cl3NO3S. The maximum Gasteiger partial charge on any atom is 0.264 e. The van der Waals surface area contributed by atoms with Crippen LogP contribution in [0.3, 0.4) is 0 Å². The Balaban J connectivity index is 2.65. The van der Waals surface area contributed by atoms with Gasteiger partial charge in [0.2, 0.25) is 0 Å². The van der Waals surface area contributed by atoms with E-state index in [-0.39, 0.29) is 22.0 Å². The van der Waals surface area contributed by atoms with Gasteiger partial charge in [-0.05, 0) is 55.8 Å². The highest BCUT2D eigenvalue weighted by molar-refractivity contribution is 7.92. The normalized spacial score (nSPS) is 13.9. The smallest absolute Gasteiger partial charge is 0.264 e. The number of rotatable bonds is 7. The molecule has 2 aromatic carbocycles. The molecule has 0 aliphatic carbocycles. The average Bonchev–Trinajstić information content (AvgIpc) is 2.58. The fourth-order valence-corrected chi connectivity index (χ4v) is 4.71. The molecule has 0 bridgehead atoms. The predicted octanol–water partition coefficient (Wildman–Crippen LogP) is 5.17. The number of aliphatic hydroxyl groups is 1. The third kappa shape index (κ3) is 4.53. The van der Waals surface area contributed by atoms with Gasteiger partial charge < -0.3 is 5.11 Å². The molecule has 0 fully saturated rings. The Morgan fingerprint density at radius 1 is 1.12 bits per heavy atom. The van der Waals surface area contributed by atoms with Gasteiger partial charge in [0.25, 0.3) is 10.0 Å². The predicted molar refractivity (Wildman–Crippen MR) is 108 cm³/mol. The molecule has 0 saturated heterocycles. The van der Waals surface area contributed by atoms with E-state index in [1.54, 1.807) is 13.0 Å². The molecule has 0 aliphatic heterocycles. The minimum absolute atomic E-state index is 0.0237. The molecule has 0 aromatic heterocycles. The summed E-state index contributed by atoms with van der Waals surface area (Å²) in [5, 5.41) is 11.3. The van der Waals surface area contributed by atoms with Crippen LogP contribution in [0, 0.1) is 0 Å². The second-order valence-electron chi connectivity index (χ2n) is 5.68. The van der Waals surface area contributed by atoms with Crippen molar-refractivity contribution in [2.45, 2.75) is 30.4 Å². The number of aliphatic hydroxyl groups excluding tert-OH is 1. The summed E-state index contributed by atoms with van der Waals surface area (Å²) in [4.78, 5) is 0.0237. The van der Waals surface area contributed by atoms with Crippen molar-refractivity contribution in [3.63, 3.8) is 0 Å². The Morgan fingerprint density at radius 3 is 2.27 bits per heavy atom. The summed E-state index contributed by atoms with van der Waals surface area (Å²) in [5.41, 5.74) is 0.185. The molecule has 2 aromatic rings. The number of nitrogens with zero attached hydrogens (tertiary/aromatic N) is 1. The lowest BCUT2D eigenvalue weighted by Gasteiger charge is -2.33. The van der Waals surface area contributed by atoms with Gasteiger partial charge in [0.15, 0.2) is 0 Å². The van der Waals surface area contributed by atoms with E-state index in [1.807, 2.05) is 0 Å². The maximum atomic E-state index is 13.3. The minimum Gasteiger partial charge on any atom is -0.391 e. The standard InChI is InChI=1S/C18H18Cl3NO3S/c1-3-4-18(23)12(2)22(17-11-14(20)7-10-16(17)21)26(24,25)15-8-5-13(19)6-9-15/h3,5-12,18,23H,1,4H2,2H3. The molecule has 0 heterocycles. The molecule has 2 atom stereocenters. The summed E-state index contributed by atoms with van der Waals surface area (Å²) in [6, 6.07) is 9.47. The van der Waals surface area contributed by atoms with Crippen molar-refractivity contribution >= 4 is 50.5 Å². The molecule has 140 valence electrons. The van der Waals surface area contributed by atoms with Crippen LogP contribution in [0.25, 0.3) is 0 Å². The first-order valence-electron chi connectivity index (χ1n) is 7.72. The van der Waals surface area contributed by atoms with Gasteiger partial charge in [-0.3, -0.25) is 4.31 Å². The van der Waals surface area contributed by atoms with Crippen molar-refractivity contribution in [3.05, 3.63) is 70.2 Å². The Kier molecular flexibility index (Phi) is 6.99. The van der Waals surface area contributed by atoms with Gasteiger partial charge in [-0.25, -0.2) is 8.42 Å². The Hall–Kier alpha value is -1.24. The second kappa shape index (κ2) is 8.63. The largest absolute Gasteiger partial charge is 0.391 e. The number of halogens is 3. The number of benzene rings is 2. The summed E-state index contributed by atoms with van der Waals surface area (Å²) in [6.07, 6.45) is 0.754. The van der Waals surface area contributed by atoms with E-state index in [4.69, 9.17) is 34.8 Å². The van der Waals surface area contributed by atoms with Crippen LogP contribution in [0.15, 0.2) is 60.0 Å². The van der Waals surface area contributed by atoms with E-state index in [1.165, 1.54) is 42.5 Å². The highest BCUT2D eigenvalue weighted by Gasteiger charge is 2.34. The summed E-state index contributed by atoms with van der Waals surface area (Å²) < 4.78 is 27.7. The van der Waals surface area contributed by atoms with Gasteiger partial charge in [-0.15, -0.1) is 6.58 Å². The highest BCUT2D eigenvalue weighted by atomic mass is 35.5. The Bertz CT molecular complexity index is 885. The number of hydrogen-bond donors (Lipinski definition) is 1. The number of anilines is 1. The van der Waals surface area contributed by atoms with Crippen molar-refractivity contribution in [1.82, 2.24) is 0 Å². The third-order valence-electron chi connectivity index (χ3n) is 3.85. The maximum absolute atomic E-state index is 13.3. The average molecular weight is 435 g/mol. The molecule has 0 spiro atoms. The van der Waals surface area contributed by atoms with Crippen molar-refractivity contribution in [2.24, 2.45) is 0 Å². The molecule has 26 heavy (non-hydrogen) atoms. The summed E-state index contributed by atoms with van der Waals surface area (Å²) in [5.74, 6) is 0. The van der Waals surface area contributed by atoms with E-state index < -0.39 is 22.2 Å². The first-order valence-corrected chi connectivity index (χ1v) is 10.3. The van der Waals surface area contributed by atoms with Crippen LogP contribution in [0.5, 0.6) is 0 Å². The van der Waals surface area contributed by atoms with Gasteiger partial charge in [0, 0.05) is 10.0 Å². The zero-order chi connectivity index (χ0) is 19.5. The third-order valence-corrected chi connectivity index (χ3v) is 6.57. The summed E-state index contributed by atoms with van der Waals surface area (Å²) in [6.45, 7) is 5.18. The van der Waals surface area contributed by atoms with Crippen LogP contribution >= 0.6 is 34.8 Å². The van der Waals surface area contributed by atoms with Crippen molar-refractivity contribution in [3.8, 4) is 0 Å². The second-order valence-corrected chi connectivity index (χ2v) is 8.78. The van der Waals surface area contributed by atoms with E-state index in [2.05, 4.69) is 6.58 Å². The van der Waals surface area contributed by atoms with E-state index >= 15 is 0 Å². The summed E-state index contributed by atoms with van der Waals surface area (Å²) >= 11 is 18.2. The van der Waals surface area contributed by atoms with Crippen LogP contribution in [0.2, 0.25) is 15.1 Å². The van der Waals surface area contributed by atoms with Gasteiger partial charge in [-0.1, -0.05) is 40.9 Å². The lowest BCUT2D eigenvalue weighted by Crippen LogP contribution is -2.45. The number of sulfonamides is 1. The summed E-state index contributed by atoms with van der Waals surface area (Å²) in [7, 11) is -4.04. The Morgan fingerprint density at radius 2 is 1.69 bits per heavy atom. The first kappa shape index (κ1) is 21.1. The molecule has 4 nitrogen and oxygen atoms in total. The van der Waals surface area contributed by atoms with Gasteiger partial charge in [0.1, 0.15) is 0 Å². The highest BCUT2D eigenvalue weighted by Crippen LogP contribution is 2.35. The molecule has 2 unspecified atom stereocenters. The van der Waals surface area contributed by atoms with Crippen LogP contribution < -0.4 is 4.31 Å². The molecule has 0 aliphatic rings. The van der Waals surface area contributed by atoms with Crippen LogP contribution in [-0.2, 0) is 10.0 Å². The van der Waals surface area contributed by atoms with E-state index in [0.717, 1.165) is 4.31 Å².